The van der Waals surface area contributed by atoms with Gasteiger partial charge in [-0.3, -0.25) is 0 Å². The maximum atomic E-state index is 13.0. The van der Waals surface area contributed by atoms with Crippen molar-refractivity contribution in [2.24, 2.45) is 0 Å². The first-order chi connectivity index (χ1) is 8.90. The third-order valence-corrected chi connectivity index (χ3v) is 4.27. The summed E-state index contributed by atoms with van der Waals surface area (Å²) in [5.74, 6) is -2.28. The van der Waals surface area contributed by atoms with E-state index in [0.29, 0.717) is 19.1 Å². The summed E-state index contributed by atoms with van der Waals surface area (Å²) in [6.07, 6.45) is 0.378. The van der Waals surface area contributed by atoms with Gasteiger partial charge in [0.25, 0.3) is 0 Å². The molecule has 0 aliphatic rings. The van der Waals surface area contributed by atoms with Crippen LogP contribution in [0.2, 0.25) is 0 Å². The monoisotopic (exact) mass is 313 g/mol. The molecule has 19 heavy (non-hydrogen) atoms. The molecule has 1 aromatic rings. The largest absolute Gasteiger partial charge is 0.385 e. The summed E-state index contributed by atoms with van der Waals surface area (Å²) in [5, 5.41) is 0. The molecular formula is C11H14ClF2NO3S. The molecule has 1 N–H and O–H groups in total. The molecule has 1 unspecified atom stereocenters. The molecule has 0 bridgehead atoms. The Morgan fingerprint density at radius 2 is 2.05 bits per heavy atom. The molecule has 0 fully saturated rings. The fourth-order valence-corrected chi connectivity index (χ4v) is 2.96. The highest BCUT2D eigenvalue weighted by molar-refractivity contribution is 7.89. The summed E-state index contributed by atoms with van der Waals surface area (Å²) in [5.41, 5.74) is 0. The fourth-order valence-electron chi connectivity index (χ4n) is 1.36. The lowest BCUT2D eigenvalue weighted by Crippen LogP contribution is -2.37. The van der Waals surface area contributed by atoms with Crippen LogP contribution in [0, 0.1) is 11.6 Å². The average molecular weight is 314 g/mol. The summed E-state index contributed by atoms with van der Waals surface area (Å²) in [4.78, 5) is -0.348. The predicted molar refractivity (Wildman–Crippen MR) is 67.7 cm³/mol. The van der Waals surface area contributed by atoms with Crippen LogP contribution in [-0.2, 0) is 14.8 Å². The van der Waals surface area contributed by atoms with Gasteiger partial charge in [0.1, 0.15) is 0 Å². The summed E-state index contributed by atoms with van der Waals surface area (Å²) in [6.45, 7) is 0.331. The van der Waals surface area contributed by atoms with Gasteiger partial charge in [0, 0.05) is 25.6 Å². The average Bonchev–Trinajstić information content (AvgIpc) is 2.37. The van der Waals surface area contributed by atoms with Crippen molar-refractivity contribution in [1.29, 1.82) is 0 Å². The maximum Gasteiger partial charge on any atom is 0.240 e. The molecule has 108 valence electrons. The molecule has 0 saturated carbocycles. The minimum absolute atomic E-state index is 0.0479. The van der Waals surface area contributed by atoms with Crippen molar-refractivity contribution in [3.63, 3.8) is 0 Å². The van der Waals surface area contributed by atoms with E-state index in [4.69, 9.17) is 16.3 Å². The van der Waals surface area contributed by atoms with Crippen LogP contribution in [0.4, 0.5) is 8.78 Å². The second-order valence-corrected chi connectivity index (χ2v) is 5.85. The Morgan fingerprint density at radius 3 is 2.58 bits per heavy atom. The third kappa shape index (κ3) is 4.68. The smallest absolute Gasteiger partial charge is 0.240 e. The van der Waals surface area contributed by atoms with Gasteiger partial charge in [0.2, 0.25) is 10.0 Å². The van der Waals surface area contributed by atoms with Crippen LogP contribution >= 0.6 is 11.6 Å². The Bertz CT molecular complexity index is 525. The molecule has 8 heteroatoms. The minimum atomic E-state index is -3.94. The molecule has 0 aromatic heterocycles. The molecule has 0 aliphatic carbocycles. The second kappa shape index (κ2) is 7.14. The van der Waals surface area contributed by atoms with Gasteiger partial charge in [-0.1, -0.05) is 0 Å². The normalized spacial score (nSPS) is 13.5. The quantitative estimate of drug-likeness (QED) is 0.782. The van der Waals surface area contributed by atoms with Crippen molar-refractivity contribution in [3.8, 4) is 0 Å². The summed E-state index contributed by atoms with van der Waals surface area (Å²) < 4.78 is 56.8. The highest BCUT2D eigenvalue weighted by Gasteiger charge is 2.20. The number of hydrogen-bond donors (Lipinski definition) is 1. The van der Waals surface area contributed by atoms with Gasteiger partial charge in [-0.05, 0) is 24.6 Å². The third-order valence-electron chi connectivity index (χ3n) is 2.38. The molecular weight excluding hydrogens is 300 g/mol. The van der Waals surface area contributed by atoms with Crippen molar-refractivity contribution in [3.05, 3.63) is 29.8 Å². The zero-order valence-electron chi connectivity index (χ0n) is 10.2. The van der Waals surface area contributed by atoms with E-state index in [1.807, 2.05) is 0 Å². The molecule has 1 atom stereocenters. The molecule has 0 radical (unpaired) electrons. The predicted octanol–water partition coefficient (Wildman–Crippen LogP) is 1.89. The number of benzene rings is 1. The van der Waals surface area contributed by atoms with Crippen molar-refractivity contribution >= 4 is 21.6 Å². The summed E-state index contributed by atoms with van der Waals surface area (Å²) in [6, 6.07) is 1.83. The number of methoxy groups -OCH3 is 1. The van der Waals surface area contributed by atoms with E-state index in [1.54, 1.807) is 0 Å². The van der Waals surface area contributed by atoms with Crippen molar-refractivity contribution in [2.45, 2.75) is 17.4 Å². The molecule has 0 amide bonds. The second-order valence-electron chi connectivity index (χ2n) is 3.83. The topological polar surface area (TPSA) is 55.4 Å². The molecule has 0 heterocycles. The number of halogens is 3. The Kier molecular flexibility index (Phi) is 6.12. The van der Waals surface area contributed by atoms with Crippen LogP contribution in [-0.4, -0.2) is 34.1 Å². The van der Waals surface area contributed by atoms with Crippen LogP contribution in [0.25, 0.3) is 0 Å². The molecule has 4 nitrogen and oxygen atoms in total. The number of nitrogens with one attached hydrogen (secondary N) is 1. The fraction of sp³-hybridized carbons (Fsp3) is 0.455. The van der Waals surface area contributed by atoms with Gasteiger partial charge in [0.05, 0.1) is 4.90 Å². The Hall–Kier alpha value is -0.760. The highest BCUT2D eigenvalue weighted by atomic mass is 35.5. The lowest BCUT2D eigenvalue weighted by atomic mass is 10.3. The van der Waals surface area contributed by atoms with Crippen LogP contribution in [0.3, 0.4) is 0 Å². The first-order valence-electron chi connectivity index (χ1n) is 5.43. The first kappa shape index (κ1) is 16.3. The minimum Gasteiger partial charge on any atom is -0.385 e. The molecule has 0 aliphatic heterocycles. The van der Waals surface area contributed by atoms with Gasteiger partial charge in [-0.15, -0.1) is 11.6 Å². The van der Waals surface area contributed by atoms with Crippen molar-refractivity contribution < 1.29 is 21.9 Å². The number of alkyl halides is 1. The highest BCUT2D eigenvalue weighted by Crippen LogP contribution is 2.14. The standard InChI is InChI=1S/C11H14ClF2NO3S/c1-18-5-4-8(7-12)15-19(16,17)9-2-3-10(13)11(14)6-9/h2-3,6,8,15H,4-5,7H2,1H3. The van der Waals surface area contributed by atoms with Gasteiger partial charge < -0.3 is 4.74 Å². The van der Waals surface area contributed by atoms with Gasteiger partial charge in [-0.2, -0.15) is 0 Å². The van der Waals surface area contributed by atoms with Gasteiger partial charge in [0.15, 0.2) is 11.6 Å². The summed E-state index contributed by atoms with van der Waals surface area (Å²) >= 11 is 5.64. The van der Waals surface area contributed by atoms with E-state index < -0.39 is 27.7 Å². The summed E-state index contributed by atoms with van der Waals surface area (Å²) in [7, 11) is -2.46. The van der Waals surface area contributed by atoms with E-state index in [-0.39, 0.29) is 10.8 Å². The van der Waals surface area contributed by atoms with Gasteiger partial charge >= 0.3 is 0 Å². The number of hydrogen-bond acceptors (Lipinski definition) is 3. The van der Waals surface area contributed by atoms with Crippen LogP contribution in [0.15, 0.2) is 23.1 Å². The van der Waals surface area contributed by atoms with E-state index in [2.05, 4.69) is 4.72 Å². The number of ether oxygens (including phenoxy) is 1. The molecule has 1 rings (SSSR count). The van der Waals surface area contributed by atoms with Crippen molar-refractivity contribution in [2.75, 3.05) is 19.6 Å². The SMILES string of the molecule is COCCC(CCl)NS(=O)(=O)c1ccc(F)c(F)c1. The van der Waals surface area contributed by atoms with Crippen LogP contribution in [0.1, 0.15) is 6.42 Å². The molecule has 0 spiro atoms. The number of sulfonamides is 1. The van der Waals surface area contributed by atoms with Gasteiger partial charge in [-0.25, -0.2) is 21.9 Å². The van der Waals surface area contributed by atoms with Crippen LogP contribution in [0.5, 0.6) is 0 Å². The lowest BCUT2D eigenvalue weighted by molar-refractivity contribution is 0.188. The maximum absolute atomic E-state index is 13.0. The van der Waals surface area contributed by atoms with Crippen molar-refractivity contribution in [1.82, 2.24) is 4.72 Å². The number of rotatable bonds is 7. The first-order valence-corrected chi connectivity index (χ1v) is 7.44. The molecule has 0 saturated heterocycles. The Balaban J connectivity index is 2.87. The zero-order chi connectivity index (χ0) is 14.5. The Labute approximate surface area is 115 Å². The van der Waals surface area contributed by atoms with E-state index in [9.17, 15) is 17.2 Å². The van der Waals surface area contributed by atoms with E-state index >= 15 is 0 Å². The molecule has 1 aromatic carbocycles. The lowest BCUT2D eigenvalue weighted by Gasteiger charge is -2.15. The van der Waals surface area contributed by atoms with E-state index in [1.165, 1.54) is 7.11 Å². The van der Waals surface area contributed by atoms with E-state index in [0.717, 1.165) is 12.1 Å². The zero-order valence-corrected chi connectivity index (χ0v) is 11.8. The van der Waals surface area contributed by atoms with Crippen LogP contribution < -0.4 is 4.72 Å². The Morgan fingerprint density at radius 1 is 1.37 bits per heavy atom.